The van der Waals surface area contributed by atoms with E-state index in [1.54, 1.807) is 4.68 Å². The predicted molar refractivity (Wildman–Crippen MR) is 65.0 cm³/mol. The van der Waals surface area contributed by atoms with Gasteiger partial charge >= 0.3 is 5.69 Å². The van der Waals surface area contributed by atoms with Crippen LogP contribution in [-0.4, -0.2) is 27.4 Å². The number of hydrogen-bond donors (Lipinski definition) is 1. The molecule has 1 aliphatic heterocycles. The molecule has 0 aromatic carbocycles. The molecule has 94 valence electrons. The van der Waals surface area contributed by atoms with E-state index in [-0.39, 0.29) is 5.69 Å². The van der Waals surface area contributed by atoms with E-state index in [4.69, 9.17) is 0 Å². The maximum absolute atomic E-state index is 12.1. The number of fused-ring (bicyclic) bond motifs is 1. The first-order valence-electron chi connectivity index (χ1n) is 6.63. The van der Waals surface area contributed by atoms with Crippen molar-refractivity contribution < 1.29 is 0 Å². The van der Waals surface area contributed by atoms with Crippen molar-refractivity contribution >= 4 is 0 Å². The van der Waals surface area contributed by atoms with Gasteiger partial charge in [-0.05, 0) is 38.6 Å². The van der Waals surface area contributed by atoms with Crippen molar-refractivity contribution in [3.8, 4) is 0 Å². The lowest BCUT2D eigenvalue weighted by Crippen LogP contribution is -2.37. The Hall–Kier alpha value is -1.10. The van der Waals surface area contributed by atoms with Gasteiger partial charge in [-0.2, -0.15) is 5.10 Å². The van der Waals surface area contributed by atoms with Crippen molar-refractivity contribution in [2.45, 2.75) is 51.2 Å². The van der Waals surface area contributed by atoms with E-state index in [0.717, 1.165) is 44.1 Å². The Morgan fingerprint density at radius 3 is 2.94 bits per heavy atom. The standard InChI is InChI=1S/C12H20N4O/c1-13-10(9-5-6-9)8-16-12(17)15-7-3-2-4-11(15)14-16/h9-10,13H,2-8H2,1H3. The third kappa shape index (κ3) is 2.04. The summed E-state index contributed by atoms with van der Waals surface area (Å²) in [4.78, 5) is 12.1. The molecule has 0 saturated heterocycles. The largest absolute Gasteiger partial charge is 0.345 e. The van der Waals surface area contributed by atoms with Gasteiger partial charge in [0.2, 0.25) is 0 Å². The average molecular weight is 236 g/mol. The summed E-state index contributed by atoms with van der Waals surface area (Å²) in [7, 11) is 1.98. The molecular formula is C12H20N4O. The molecule has 17 heavy (non-hydrogen) atoms. The fourth-order valence-electron chi connectivity index (χ4n) is 2.73. The van der Waals surface area contributed by atoms with Crippen LogP contribution >= 0.6 is 0 Å². The van der Waals surface area contributed by atoms with Crippen molar-refractivity contribution in [1.29, 1.82) is 0 Å². The van der Waals surface area contributed by atoms with Crippen molar-refractivity contribution in [2.75, 3.05) is 7.05 Å². The Morgan fingerprint density at radius 1 is 1.47 bits per heavy atom. The van der Waals surface area contributed by atoms with Gasteiger partial charge in [-0.25, -0.2) is 9.48 Å². The van der Waals surface area contributed by atoms with Gasteiger partial charge in [0, 0.05) is 19.0 Å². The van der Waals surface area contributed by atoms with E-state index in [1.807, 2.05) is 11.6 Å². The summed E-state index contributed by atoms with van der Waals surface area (Å²) in [6.45, 7) is 1.57. The van der Waals surface area contributed by atoms with Crippen LogP contribution in [0.4, 0.5) is 0 Å². The molecule has 2 aliphatic rings. The van der Waals surface area contributed by atoms with Crippen LogP contribution in [0.25, 0.3) is 0 Å². The molecule has 3 rings (SSSR count). The molecule has 1 aliphatic carbocycles. The Morgan fingerprint density at radius 2 is 2.29 bits per heavy atom. The lowest BCUT2D eigenvalue weighted by molar-refractivity contribution is 0.404. The summed E-state index contributed by atoms with van der Waals surface area (Å²) in [5.41, 5.74) is 0.0839. The predicted octanol–water partition coefficient (Wildman–Crippen LogP) is 0.379. The molecule has 1 N–H and O–H groups in total. The topological polar surface area (TPSA) is 51.9 Å². The summed E-state index contributed by atoms with van der Waals surface area (Å²) < 4.78 is 3.52. The monoisotopic (exact) mass is 236 g/mol. The minimum Gasteiger partial charge on any atom is -0.315 e. The molecule has 5 heteroatoms. The van der Waals surface area contributed by atoms with Crippen LogP contribution in [0.3, 0.4) is 0 Å². The molecule has 5 nitrogen and oxygen atoms in total. The van der Waals surface area contributed by atoms with Crippen molar-refractivity contribution in [2.24, 2.45) is 5.92 Å². The zero-order chi connectivity index (χ0) is 11.8. The summed E-state index contributed by atoms with van der Waals surface area (Å²) in [6, 6.07) is 0.407. The Labute approximate surface area is 101 Å². The van der Waals surface area contributed by atoms with Gasteiger partial charge in [-0.3, -0.25) is 4.57 Å². The normalized spacial score (nSPS) is 21.2. The molecule has 1 aromatic heterocycles. The molecule has 0 amide bonds. The fraction of sp³-hybridized carbons (Fsp3) is 0.833. The zero-order valence-corrected chi connectivity index (χ0v) is 10.4. The molecular weight excluding hydrogens is 216 g/mol. The highest BCUT2D eigenvalue weighted by atomic mass is 16.2. The lowest BCUT2D eigenvalue weighted by Gasteiger charge is -2.13. The number of aromatic nitrogens is 3. The second-order valence-corrected chi connectivity index (χ2v) is 5.22. The second kappa shape index (κ2) is 4.29. The molecule has 0 spiro atoms. The molecule has 1 atom stereocenters. The van der Waals surface area contributed by atoms with Gasteiger partial charge in [0.1, 0.15) is 5.82 Å². The highest BCUT2D eigenvalue weighted by molar-refractivity contribution is 4.93. The van der Waals surface area contributed by atoms with Crippen LogP contribution in [0.2, 0.25) is 0 Å². The molecule has 1 aromatic rings. The Kier molecular flexibility index (Phi) is 2.78. The Bertz CT molecular complexity index is 458. The number of hydrogen-bond acceptors (Lipinski definition) is 3. The maximum Gasteiger partial charge on any atom is 0.345 e. The van der Waals surface area contributed by atoms with E-state index in [9.17, 15) is 4.79 Å². The minimum atomic E-state index is 0.0839. The average Bonchev–Trinajstić information content (AvgIpc) is 3.14. The van der Waals surface area contributed by atoms with Crippen molar-refractivity contribution in [1.82, 2.24) is 19.7 Å². The molecule has 1 saturated carbocycles. The number of nitrogens with one attached hydrogen (secondary N) is 1. The molecule has 1 unspecified atom stereocenters. The quantitative estimate of drug-likeness (QED) is 0.822. The number of rotatable bonds is 4. The highest BCUT2D eigenvalue weighted by Crippen LogP contribution is 2.32. The third-order valence-electron chi connectivity index (χ3n) is 3.96. The minimum absolute atomic E-state index is 0.0839. The second-order valence-electron chi connectivity index (χ2n) is 5.22. The number of likely N-dealkylation sites (N-methyl/N-ethyl adjacent to an activating group) is 1. The van der Waals surface area contributed by atoms with Gasteiger partial charge in [0.25, 0.3) is 0 Å². The van der Waals surface area contributed by atoms with E-state index >= 15 is 0 Å². The Balaban J connectivity index is 1.82. The van der Waals surface area contributed by atoms with E-state index in [0.29, 0.717) is 6.04 Å². The SMILES string of the molecule is CNC(Cn1nc2n(c1=O)CCCC2)C1CC1. The maximum atomic E-state index is 12.1. The van der Waals surface area contributed by atoms with Crippen molar-refractivity contribution in [3.05, 3.63) is 16.3 Å². The third-order valence-corrected chi connectivity index (χ3v) is 3.96. The molecule has 1 fully saturated rings. The van der Waals surface area contributed by atoms with E-state index < -0.39 is 0 Å². The highest BCUT2D eigenvalue weighted by Gasteiger charge is 2.31. The first-order chi connectivity index (χ1) is 8.29. The van der Waals surface area contributed by atoms with Gasteiger partial charge in [0.15, 0.2) is 0 Å². The number of nitrogens with zero attached hydrogens (tertiary/aromatic N) is 3. The smallest absolute Gasteiger partial charge is 0.315 e. The first kappa shape index (κ1) is 11.0. The van der Waals surface area contributed by atoms with Gasteiger partial charge in [-0.15, -0.1) is 0 Å². The van der Waals surface area contributed by atoms with Crippen molar-refractivity contribution in [3.63, 3.8) is 0 Å². The molecule has 0 bridgehead atoms. The zero-order valence-electron chi connectivity index (χ0n) is 10.4. The molecule has 0 radical (unpaired) electrons. The van der Waals surface area contributed by atoms with Crippen LogP contribution in [0.5, 0.6) is 0 Å². The lowest BCUT2D eigenvalue weighted by atomic mass is 10.2. The van der Waals surface area contributed by atoms with Gasteiger partial charge in [0.05, 0.1) is 6.54 Å². The van der Waals surface area contributed by atoms with Crippen LogP contribution in [0.15, 0.2) is 4.79 Å². The van der Waals surface area contributed by atoms with Gasteiger partial charge < -0.3 is 5.32 Å². The number of aryl methyl sites for hydroxylation is 1. The fourth-order valence-corrected chi connectivity index (χ4v) is 2.73. The van der Waals surface area contributed by atoms with Crippen LogP contribution in [0, 0.1) is 5.92 Å². The van der Waals surface area contributed by atoms with Gasteiger partial charge in [-0.1, -0.05) is 0 Å². The van der Waals surface area contributed by atoms with Crippen LogP contribution in [-0.2, 0) is 19.5 Å². The van der Waals surface area contributed by atoms with E-state index in [1.165, 1.54) is 12.8 Å². The van der Waals surface area contributed by atoms with E-state index in [2.05, 4.69) is 10.4 Å². The van der Waals surface area contributed by atoms with Crippen LogP contribution < -0.4 is 11.0 Å². The first-order valence-corrected chi connectivity index (χ1v) is 6.63. The summed E-state index contributed by atoms with van der Waals surface area (Å²) in [5, 5.41) is 7.79. The summed E-state index contributed by atoms with van der Waals surface area (Å²) >= 11 is 0. The molecule has 2 heterocycles. The summed E-state index contributed by atoms with van der Waals surface area (Å²) in [6.07, 6.45) is 5.79. The van der Waals surface area contributed by atoms with Crippen LogP contribution in [0.1, 0.15) is 31.5 Å². The summed E-state index contributed by atoms with van der Waals surface area (Å²) in [5.74, 6) is 1.72.